The molecule has 0 atom stereocenters. The number of esters is 1. The van der Waals surface area contributed by atoms with Gasteiger partial charge in [-0.05, 0) is 25.1 Å². The second kappa shape index (κ2) is 5.64. The molecule has 1 heterocycles. The van der Waals surface area contributed by atoms with Gasteiger partial charge in [-0.15, -0.1) is 0 Å². The molecule has 0 aliphatic heterocycles. The van der Waals surface area contributed by atoms with Crippen LogP contribution in [-0.2, 0) is 11.3 Å². The first-order valence-corrected chi connectivity index (χ1v) is 5.81. The summed E-state index contributed by atoms with van der Waals surface area (Å²) in [6, 6.07) is 4.84. The number of nitrogens with zero attached hydrogens (tertiary/aromatic N) is 1. The van der Waals surface area contributed by atoms with Gasteiger partial charge in [0.2, 0.25) is 0 Å². The molecule has 0 amide bonds. The number of anilines is 1. The van der Waals surface area contributed by atoms with E-state index in [2.05, 4.69) is 4.98 Å². The summed E-state index contributed by atoms with van der Waals surface area (Å²) in [6.45, 7) is 1.12. The van der Waals surface area contributed by atoms with Crippen LogP contribution in [0.3, 0.4) is 0 Å². The number of aryl methyl sites for hydroxylation is 1. The SMILES string of the molecule is Cc1ncc(N)cc1C(=O)OCc1c(F)cccc1F. The number of nitrogens with two attached hydrogens (primary N) is 1. The Kier molecular flexibility index (Phi) is 3.93. The summed E-state index contributed by atoms with van der Waals surface area (Å²) in [5.41, 5.74) is 6.14. The number of benzene rings is 1. The van der Waals surface area contributed by atoms with Crippen LogP contribution >= 0.6 is 0 Å². The molecule has 0 radical (unpaired) electrons. The Morgan fingerprint density at radius 2 is 2.00 bits per heavy atom. The topological polar surface area (TPSA) is 65.2 Å². The molecule has 0 bridgehead atoms. The zero-order valence-electron chi connectivity index (χ0n) is 10.7. The number of rotatable bonds is 3. The van der Waals surface area contributed by atoms with Gasteiger partial charge in [-0.3, -0.25) is 4.98 Å². The normalized spacial score (nSPS) is 10.3. The number of nitrogen functional groups attached to an aromatic ring is 1. The Hall–Kier alpha value is -2.50. The van der Waals surface area contributed by atoms with E-state index >= 15 is 0 Å². The Morgan fingerprint density at radius 1 is 1.35 bits per heavy atom. The third-order valence-corrected chi connectivity index (χ3v) is 2.74. The van der Waals surface area contributed by atoms with E-state index in [1.807, 2.05) is 0 Å². The number of hydrogen-bond donors (Lipinski definition) is 1. The van der Waals surface area contributed by atoms with Crippen molar-refractivity contribution in [1.29, 1.82) is 0 Å². The second-order valence-corrected chi connectivity index (χ2v) is 4.18. The standard InChI is InChI=1S/C14H12F2N2O2/c1-8-10(5-9(17)6-18-8)14(19)20-7-11-12(15)3-2-4-13(11)16/h2-6H,7,17H2,1H3. The van der Waals surface area contributed by atoms with Crippen molar-refractivity contribution in [2.24, 2.45) is 0 Å². The number of halogens is 2. The van der Waals surface area contributed by atoms with Crippen LogP contribution in [-0.4, -0.2) is 11.0 Å². The lowest BCUT2D eigenvalue weighted by Gasteiger charge is -2.08. The monoisotopic (exact) mass is 278 g/mol. The van der Waals surface area contributed by atoms with Crippen LogP contribution in [0.1, 0.15) is 21.6 Å². The molecule has 0 saturated carbocycles. The summed E-state index contributed by atoms with van der Waals surface area (Å²) in [5.74, 6) is -2.26. The van der Waals surface area contributed by atoms with Gasteiger partial charge in [0, 0.05) is 0 Å². The molecule has 2 rings (SSSR count). The van der Waals surface area contributed by atoms with E-state index in [4.69, 9.17) is 10.5 Å². The Bertz CT molecular complexity index is 639. The molecule has 6 heteroatoms. The third kappa shape index (κ3) is 2.90. The summed E-state index contributed by atoms with van der Waals surface area (Å²) < 4.78 is 31.7. The van der Waals surface area contributed by atoms with Crippen molar-refractivity contribution in [3.63, 3.8) is 0 Å². The van der Waals surface area contributed by atoms with Crippen molar-refractivity contribution in [1.82, 2.24) is 4.98 Å². The first-order chi connectivity index (χ1) is 9.49. The molecule has 0 aliphatic rings. The highest BCUT2D eigenvalue weighted by atomic mass is 19.1. The van der Waals surface area contributed by atoms with E-state index < -0.39 is 24.2 Å². The Balaban J connectivity index is 2.15. The zero-order chi connectivity index (χ0) is 14.7. The first-order valence-electron chi connectivity index (χ1n) is 5.81. The van der Waals surface area contributed by atoms with Gasteiger partial charge < -0.3 is 10.5 Å². The highest BCUT2D eigenvalue weighted by Gasteiger charge is 2.15. The Morgan fingerprint density at radius 3 is 2.65 bits per heavy atom. The number of pyridine rings is 1. The molecule has 1 aromatic carbocycles. The van der Waals surface area contributed by atoms with E-state index in [9.17, 15) is 13.6 Å². The molecule has 20 heavy (non-hydrogen) atoms. The fourth-order valence-electron chi connectivity index (χ4n) is 1.64. The van der Waals surface area contributed by atoms with Crippen molar-refractivity contribution in [3.8, 4) is 0 Å². The van der Waals surface area contributed by atoms with Crippen molar-refractivity contribution in [2.75, 3.05) is 5.73 Å². The van der Waals surface area contributed by atoms with Crippen molar-refractivity contribution in [2.45, 2.75) is 13.5 Å². The van der Waals surface area contributed by atoms with E-state index in [-0.39, 0.29) is 11.1 Å². The summed E-state index contributed by atoms with van der Waals surface area (Å²) in [6.07, 6.45) is 1.41. The van der Waals surface area contributed by atoms with Crippen molar-refractivity contribution < 1.29 is 18.3 Å². The van der Waals surface area contributed by atoms with Crippen LogP contribution in [0.4, 0.5) is 14.5 Å². The van der Waals surface area contributed by atoms with E-state index in [0.717, 1.165) is 12.1 Å². The van der Waals surface area contributed by atoms with Gasteiger partial charge in [-0.1, -0.05) is 6.07 Å². The summed E-state index contributed by atoms with van der Waals surface area (Å²) in [4.78, 5) is 15.8. The number of ether oxygens (including phenoxy) is 1. The van der Waals surface area contributed by atoms with Gasteiger partial charge in [-0.25, -0.2) is 13.6 Å². The van der Waals surface area contributed by atoms with Crippen LogP contribution in [0.15, 0.2) is 30.5 Å². The average Bonchev–Trinajstić information content (AvgIpc) is 2.40. The minimum atomic E-state index is -0.764. The van der Waals surface area contributed by atoms with Crippen LogP contribution < -0.4 is 5.73 Å². The van der Waals surface area contributed by atoms with E-state index in [1.165, 1.54) is 18.3 Å². The molecule has 0 aliphatic carbocycles. The molecular weight excluding hydrogens is 266 g/mol. The van der Waals surface area contributed by atoms with Gasteiger partial charge in [0.15, 0.2) is 0 Å². The predicted molar refractivity (Wildman–Crippen MR) is 68.9 cm³/mol. The molecule has 1 aromatic heterocycles. The Labute approximate surface area is 114 Å². The van der Waals surface area contributed by atoms with E-state index in [0.29, 0.717) is 11.4 Å². The molecule has 0 unspecified atom stereocenters. The third-order valence-electron chi connectivity index (χ3n) is 2.74. The minimum absolute atomic E-state index is 0.168. The largest absolute Gasteiger partial charge is 0.457 e. The van der Waals surface area contributed by atoms with Crippen molar-refractivity contribution >= 4 is 11.7 Å². The number of carbonyl (C=O) groups is 1. The van der Waals surface area contributed by atoms with Gasteiger partial charge >= 0.3 is 5.97 Å². The molecule has 0 spiro atoms. The summed E-state index contributed by atoms with van der Waals surface area (Å²) >= 11 is 0. The number of carbonyl (C=O) groups excluding carboxylic acids is 1. The lowest BCUT2D eigenvalue weighted by atomic mass is 10.2. The molecule has 0 fully saturated rings. The fraction of sp³-hybridized carbons (Fsp3) is 0.143. The molecule has 104 valence electrons. The van der Waals surface area contributed by atoms with Crippen LogP contribution in [0.2, 0.25) is 0 Å². The quantitative estimate of drug-likeness (QED) is 0.876. The molecule has 4 nitrogen and oxygen atoms in total. The molecule has 2 N–H and O–H groups in total. The predicted octanol–water partition coefficient (Wildman–Crippen LogP) is 2.61. The zero-order valence-corrected chi connectivity index (χ0v) is 10.7. The van der Waals surface area contributed by atoms with Crippen LogP contribution in [0, 0.1) is 18.6 Å². The lowest BCUT2D eigenvalue weighted by Crippen LogP contribution is -2.10. The maximum Gasteiger partial charge on any atom is 0.340 e. The summed E-state index contributed by atoms with van der Waals surface area (Å²) in [5, 5.41) is 0. The van der Waals surface area contributed by atoms with Gasteiger partial charge in [-0.2, -0.15) is 0 Å². The molecule has 0 saturated heterocycles. The van der Waals surface area contributed by atoms with Gasteiger partial charge in [0.05, 0.1) is 28.7 Å². The molecular formula is C14H12F2N2O2. The second-order valence-electron chi connectivity index (χ2n) is 4.18. The van der Waals surface area contributed by atoms with Crippen molar-refractivity contribution in [3.05, 3.63) is 58.9 Å². The highest BCUT2D eigenvalue weighted by Crippen LogP contribution is 2.16. The number of hydrogen-bond acceptors (Lipinski definition) is 4. The average molecular weight is 278 g/mol. The number of aromatic nitrogens is 1. The van der Waals surface area contributed by atoms with Gasteiger partial charge in [0.25, 0.3) is 0 Å². The fourth-order valence-corrected chi connectivity index (χ4v) is 1.64. The van der Waals surface area contributed by atoms with Gasteiger partial charge in [0.1, 0.15) is 18.2 Å². The van der Waals surface area contributed by atoms with E-state index in [1.54, 1.807) is 6.92 Å². The molecule has 2 aromatic rings. The lowest BCUT2D eigenvalue weighted by molar-refractivity contribution is 0.0463. The van der Waals surface area contributed by atoms with Crippen LogP contribution in [0.25, 0.3) is 0 Å². The smallest absolute Gasteiger partial charge is 0.340 e. The first kappa shape index (κ1) is 13.9. The maximum atomic E-state index is 13.4. The minimum Gasteiger partial charge on any atom is -0.457 e. The maximum absolute atomic E-state index is 13.4. The van der Waals surface area contributed by atoms with Crippen LogP contribution in [0.5, 0.6) is 0 Å². The summed E-state index contributed by atoms with van der Waals surface area (Å²) in [7, 11) is 0. The highest BCUT2D eigenvalue weighted by molar-refractivity contribution is 5.91.